The third-order valence-corrected chi connectivity index (χ3v) is 5.02. The number of hydrogen-bond donors (Lipinski definition) is 3. The van der Waals surface area contributed by atoms with Crippen LogP contribution in [0.25, 0.3) is 11.0 Å². The third-order valence-electron chi connectivity index (χ3n) is 5.02. The number of fused-ring (bicyclic) bond motifs is 1. The number of nitrogens with one attached hydrogen (secondary N) is 2. The molecule has 0 aliphatic rings. The van der Waals surface area contributed by atoms with E-state index in [4.69, 9.17) is 5.73 Å². The smallest absolute Gasteiger partial charge is 0.324 e. The number of rotatable bonds is 5. The molecule has 0 unspecified atom stereocenters. The molecule has 168 valence electrons. The highest BCUT2D eigenvalue weighted by Gasteiger charge is 2.22. The standard InChI is InChI=1S/C23H22FN7O2/c1-12(2)31-10-15(19-21(25)26-11-27-22(19)31)20(32)14-8-13(3)28-18(9-14)30-23(33)29-17-7-5-4-6-16(17)24/h4-12H,1-3H3,(H2,25,26,27)(H2,28,29,30,33). The van der Waals surface area contributed by atoms with Gasteiger partial charge >= 0.3 is 6.03 Å². The second-order valence-electron chi connectivity index (χ2n) is 7.77. The van der Waals surface area contributed by atoms with Crippen LogP contribution in [0.4, 0.5) is 26.5 Å². The summed E-state index contributed by atoms with van der Waals surface area (Å²) in [5.74, 6) is -0.536. The van der Waals surface area contributed by atoms with Gasteiger partial charge < -0.3 is 15.6 Å². The number of nitrogens with zero attached hydrogens (tertiary/aromatic N) is 4. The molecule has 0 atom stereocenters. The number of carbonyl (C=O) groups excluding carboxylic acids is 2. The number of pyridine rings is 1. The lowest BCUT2D eigenvalue weighted by molar-refractivity contribution is 0.104. The van der Waals surface area contributed by atoms with Crippen LogP contribution in [0.3, 0.4) is 0 Å². The summed E-state index contributed by atoms with van der Waals surface area (Å²) in [4.78, 5) is 38.4. The molecule has 3 heterocycles. The molecule has 0 bridgehead atoms. The van der Waals surface area contributed by atoms with Gasteiger partial charge in [0.1, 0.15) is 29.4 Å². The Bertz CT molecular complexity index is 1380. The minimum Gasteiger partial charge on any atom is -0.383 e. The fourth-order valence-electron chi connectivity index (χ4n) is 3.53. The van der Waals surface area contributed by atoms with Crippen molar-refractivity contribution in [2.24, 2.45) is 0 Å². The fraction of sp³-hybridized carbons (Fsp3) is 0.174. The highest BCUT2D eigenvalue weighted by Crippen LogP contribution is 2.29. The Labute approximate surface area is 188 Å². The predicted octanol–water partition coefficient (Wildman–Crippen LogP) is 4.31. The quantitative estimate of drug-likeness (QED) is 0.391. The van der Waals surface area contributed by atoms with E-state index >= 15 is 0 Å². The van der Waals surface area contributed by atoms with Crippen LogP contribution in [0.2, 0.25) is 0 Å². The number of anilines is 3. The van der Waals surface area contributed by atoms with Crippen molar-refractivity contribution in [1.82, 2.24) is 19.5 Å². The van der Waals surface area contributed by atoms with E-state index in [1.807, 2.05) is 18.4 Å². The number of aromatic nitrogens is 4. The van der Waals surface area contributed by atoms with Crippen molar-refractivity contribution in [2.45, 2.75) is 26.8 Å². The van der Waals surface area contributed by atoms with E-state index in [0.717, 1.165) is 0 Å². The number of aryl methyl sites for hydroxylation is 1. The van der Waals surface area contributed by atoms with Crippen molar-refractivity contribution in [1.29, 1.82) is 0 Å². The number of ketones is 1. The molecule has 1 aromatic carbocycles. The Morgan fingerprint density at radius 1 is 1.12 bits per heavy atom. The van der Waals surface area contributed by atoms with Crippen molar-refractivity contribution in [2.75, 3.05) is 16.4 Å². The Morgan fingerprint density at radius 3 is 2.61 bits per heavy atom. The first-order chi connectivity index (χ1) is 15.7. The number of hydrogen-bond acceptors (Lipinski definition) is 6. The molecule has 4 aromatic rings. The van der Waals surface area contributed by atoms with E-state index in [0.29, 0.717) is 27.9 Å². The molecule has 33 heavy (non-hydrogen) atoms. The lowest BCUT2D eigenvalue weighted by Gasteiger charge is -2.10. The average molecular weight is 447 g/mol. The predicted molar refractivity (Wildman–Crippen MR) is 124 cm³/mol. The van der Waals surface area contributed by atoms with Crippen LogP contribution in [0, 0.1) is 12.7 Å². The molecule has 0 spiro atoms. The monoisotopic (exact) mass is 447 g/mol. The van der Waals surface area contributed by atoms with Crippen LogP contribution in [0.5, 0.6) is 0 Å². The van der Waals surface area contributed by atoms with Crippen molar-refractivity contribution < 1.29 is 14.0 Å². The molecule has 0 saturated heterocycles. The first-order valence-corrected chi connectivity index (χ1v) is 10.2. The summed E-state index contributed by atoms with van der Waals surface area (Å²) in [6.45, 7) is 5.64. The Morgan fingerprint density at radius 2 is 1.88 bits per heavy atom. The summed E-state index contributed by atoms with van der Waals surface area (Å²) in [5.41, 5.74) is 7.83. The molecule has 4 rings (SSSR count). The zero-order valence-corrected chi connectivity index (χ0v) is 18.3. The van der Waals surface area contributed by atoms with E-state index in [1.54, 1.807) is 25.3 Å². The number of para-hydroxylation sites is 1. The Kier molecular flexibility index (Phi) is 5.74. The van der Waals surface area contributed by atoms with Crippen molar-refractivity contribution in [3.8, 4) is 0 Å². The first kappa shape index (κ1) is 21.9. The van der Waals surface area contributed by atoms with E-state index in [2.05, 4.69) is 25.6 Å². The maximum Gasteiger partial charge on any atom is 0.324 e. The summed E-state index contributed by atoms with van der Waals surface area (Å²) in [5, 5.41) is 5.43. The van der Waals surface area contributed by atoms with Gasteiger partial charge in [0.15, 0.2) is 5.78 Å². The molecule has 9 nitrogen and oxygen atoms in total. The van der Waals surface area contributed by atoms with Gasteiger partial charge in [0.05, 0.1) is 16.6 Å². The van der Waals surface area contributed by atoms with Crippen molar-refractivity contribution >= 4 is 40.2 Å². The number of amides is 2. The number of benzene rings is 1. The molecular weight excluding hydrogens is 425 g/mol. The zero-order valence-electron chi connectivity index (χ0n) is 18.3. The molecule has 10 heteroatoms. The maximum atomic E-state index is 13.8. The van der Waals surface area contributed by atoms with Gasteiger partial charge in [-0.15, -0.1) is 0 Å². The topological polar surface area (TPSA) is 128 Å². The second-order valence-corrected chi connectivity index (χ2v) is 7.77. The summed E-state index contributed by atoms with van der Waals surface area (Å²) >= 11 is 0. The molecule has 2 amide bonds. The van der Waals surface area contributed by atoms with Gasteiger partial charge in [-0.1, -0.05) is 12.1 Å². The number of nitrogens with two attached hydrogens (primary N) is 1. The molecule has 3 aromatic heterocycles. The maximum absolute atomic E-state index is 13.8. The number of urea groups is 1. The highest BCUT2D eigenvalue weighted by atomic mass is 19.1. The summed E-state index contributed by atoms with van der Waals surface area (Å²) in [6.07, 6.45) is 3.06. The van der Waals surface area contributed by atoms with Crippen molar-refractivity contribution in [3.63, 3.8) is 0 Å². The number of halogens is 1. The molecule has 0 fully saturated rings. The lowest BCUT2D eigenvalue weighted by Crippen LogP contribution is -2.21. The minimum absolute atomic E-state index is 0.0240. The molecule has 0 radical (unpaired) electrons. The van der Waals surface area contributed by atoms with Gasteiger partial charge in [0.2, 0.25) is 0 Å². The van der Waals surface area contributed by atoms with Crippen molar-refractivity contribution in [3.05, 3.63) is 71.6 Å². The van der Waals surface area contributed by atoms with Crippen LogP contribution in [0.1, 0.15) is 41.5 Å². The van der Waals surface area contributed by atoms with Crippen LogP contribution in [-0.4, -0.2) is 31.3 Å². The summed E-state index contributed by atoms with van der Waals surface area (Å²) < 4.78 is 15.7. The van der Waals surface area contributed by atoms with Crippen LogP contribution in [0.15, 0.2) is 48.9 Å². The lowest BCUT2D eigenvalue weighted by atomic mass is 10.0. The Hall–Kier alpha value is -4.34. The molecule has 4 N–H and O–H groups in total. The van der Waals surface area contributed by atoms with Gasteiger partial charge in [-0.2, -0.15) is 0 Å². The van der Waals surface area contributed by atoms with Crippen LogP contribution < -0.4 is 16.4 Å². The van der Waals surface area contributed by atoms with Gasteiger partial charge in [0, 0.05) is 23.5 Å². The SMILES string of the molecule is Cc1cc(C(=O)c2cn(C(C)C)c3ncnc(N)c23)cc(NC(=O)Nc2ccccc2F)n1. The number of carbonyl (C=O) groups is 2. The fourth-order valence-corrected chi connectivity index (χ4v) is 3.53. The molecule has 0 aliphatic carbocycles. The first-order valence-electron chi connectivity index (χ1n) is 10.2. The van der Waals surface area contributed by atoms with Crippen LogP contribution >= 0.6 is 0 Å². The van der Waals surface area contributed by atoms with E-state index < -0.39 is 11.8 Å². The summed E-state index contributed by atoms with van der Waals surface area (Å²) in [6, 6.07) is 8.21. The third kappa shape index (κ3) is 4.36. The van der Waals surface area contributed by atoms with Gasteiger partial charge in [-0.3, -0.25) is 10.1 Å². The average Bonchev–Trinajstić information content (AvgIpc) is 3.16. The number of nitrogen functional groups attached to an aromatic ring is 1. The second kappa shape index (κ2) is 8.65. The van der Waals surface area contributed by atoms with E-state index in [9.17, 15) is 14.0 Å². The highest BCUT2D eigenvalue weighted by molar-refractivity contribution is 6.18. The molecular formula is C23H22FN7O2. The van der Waals surface area contributed by atoms with E-state index in [-0.39, 0.29) is 29.1 Å². The molecule has 0 aliphatic heterocycles. The van der Waals surface area contributed by atoms with E-state index in [1.165, 1.54) is 30.6 Å². The zero-order chi connectivity index (χ0) is 23.7. The van der Waals surface area contributed by atoms with Gasteiger partial charge in [-0.25, -0.2) is 24.1 Å². The van der Waals surface area contributed by atoms with Gasteiger partial charge in [0.25, 0.3) is 0 Å². The molecule has 0 saturated carbocycles. The Balaban J connectivity index is 1.66. The normalized spacial score (nSPS) is 11.1. The minimum atomic E-state index is -0.689. The van der Waals surface area contributed by atoms with Crippen LogP contribution in [-0.2, 0) is 0 Å². The largest absolute Gasteiger partial charge is 0.383 e. The van der Waals surface area contributed by atoms with Gasteiger partial charge in [-0.05, 0) is 45.0 Å². The summed E-state index contributed by atoms with van der Waals surface area (Å²) in [7, 11) is 0.